The zero-order valence-electron chi connectivity index (χ0n) is 13.0. The Bertz CT molecular complexity index is 446. The van der Waals surface area contributed by atoms with Crippen molar-refractivity contribution < 1.29 is 0 Å². The quantitative estimate of drug-likeness (QED) is 0.502. The van der Waals surface area contributed by atoms with E-state index < -0.39 is 0 Å². The van der Waals surface area contributed by atoms with Gasteiger partial charge in [0.2, 0.25) is 0 Å². The summed E-state index contributed by atoms with van der Waals surface area (Å²) in [5, 5.41) is 3.27. The fourth-order valence-corrected chi connectivity index (χ4v) is 11.1. The van der Waals surface area contributed by atoms with Crippen LogP contribution >= 0.6 is 11.8 Å². The predicted molar refractivity (Wildman–Crippen MR) is 105 cm³/mol. The summed E-state index contributed by atoms with van der Waals surface area (Å²) in [5.74, 6) is 1.36. The Morgan fingerprint density at radius 2 is 1.33 bits per heavy atom. The third kappa shape index (κ3) is 6.68. The first kappa shape index (κ1) is 16.6. The van der Waals surface area contributed by atoms with Gasteiger partial charge in [-0.15, -0.1) is 0 Å². The van der Waals surface area contributed by atoms with Crippen molar-refractivity contribution in [1.29, 1.82) is 0 Å². The van der Waals surface area contributed by atoms with Gasteiger partial charge in [-0.25, -0.2) is 0 Å². The van der Waals surface area contributed by atoms with E-state index in [0.717, 1.165) is 4.50 Å². The van der Waals surface area contributed by atoms with Crippen LogP contribution in [0.15, 0.2) is 60.7 Å². The molecule has 0 bridgehead atoms. The average molecular weight is 331 g/mol. The zero-order valence-corrected chi connectivity index (χ0v) is 16.6. The van der Waals surface area contributed by atoms with Gasteiger partial charge in [-0.2, -0.15) is 11.8 Å². The van der Waals surface area contributed by atoms with Gasteiger partial charge in [0.25, 0.3) is 0 Å². The van der Waals surface area contributed by atoms with Crippen molar-refractivity contribution in [2.75, 3.05) is 5.75 Å². The van der Waals surface area contributed by atoms with Gasteiger partial charge < -0.3 is 0 Å². The largest absolute Gasteiger partial charge is 0.165 e. The lowest BCUT2D eigenvalue weighted by Gasteiger charge is -2.16. The number of benzene rings is 2. The lowest BCUT2D eigenvalue weighted by Crippen LogP contribution is -2.36. The Balaban J connectivity index is 1.93. The van der Waals surface area contributed by atoms with Crippen LogP contribution in [0.4, 0.5) is 0 Å². The van der Waals surface area contributed by atoms with Gasteiger partial charge in [0.05, 0.1) is 19.0 Å². The highest BCUT2D eigenvalue weighted by molar-refractivity contribution is 8.02. The molecule has 0 N–H and O–H groups in total. The first-order valence-corrected chi connectivity index (χ1v) is 12.2. The molecule has 0 heterocycles. The molecule has 21 heavy (non-hydrogen) atoms. The molecule has 0 spiro atoms. The second kappa shape index (κ2) is 10.0. The second-order valence-electron chi connectivity index (χ2n) is 5.58. The number of thioether (sulfide) groups is 1. The van der Waals surface area contributed by atoms with Crippen LogP contribution in [-0.4, -0.2) is 29.3 Å². The van der Waals surface area contributed by atoms with Gasteiger partial charge in [-0.3, -0.25) is 0 Å². The van der Waals surface area contributed by atoms with Crippen LogP contribution in [0.1, 0.15) is 26.2 Å². The lowest BCUT2D eigenvalue weighted by atomic mass is 10.3. The van der Waals surface area contributed by atoms with Gasteiger partial charge in [0, 0.05) is 0 Å². The van der Waals surface area contributed by atoms with Gasteiger partial charge in [0.1, 0.15) is 0 Å². The maximum Gasteiger partial charge on any atom is 0.0656 e. The van der Waals surface area contributed by atoms with Crippen LogP contribution in [0.25, 0.3) is 0 Å². The lowest BCUT2D eigenvalue weighted by molar-refractivity contribution is 0.779. The maximum absolute atomic E-state index is 2.34. The monoisotopic (exact) mass is 330 g/mol. The van der Waals surface area contributed by atoms with Crippen LogP contribution in [-0.2, 0) is 0 Å². The average Bonchev–Trinajstić information content (AvgIpc) is 2.53. The highest BCUT2D eigenvalue weighted by Crippen LogP contribution is 2.12. The van der Waals surface area contributed by atoms with Crippen molar-refractivity contribution >= 4 is 41.2 Å². The summed E-state index contributed by atoms with van der Waals surface area (Å²) in [6, 6.07) is 22.4. The molecule has 2 rings (SSSR count). The molecule has 3 heteroatoms. The second-order valence-corrected chi connectivity index (χ2v) is 13.7. The topological polar surface area (TPSA) is 0 Å². The van der Waals surface area contributed by atoms with E-state index >= 15 is 0 Å². The molecule has 0 saturated heterocycles. The van der Waals surface area contributed by atoms with Crippen molar-refractivity contribution in [2.45, 2.75) is 30.7 Å². The van der Waals surface area contributed by atoms with Crippen LogP contribution < -0.4 is 10.4 Å². The standard InChI is InChI=1S/C18H26SSi2/c1-2-3-10-15-19-18(20-16-11-6-4-7-12-16)21-17-13-8-5-9-14-17/h4-9,11-14,18H,2-3,10,15,20-21H2,1H3. The van der Waals surface area contributed by atoms with E-state index in [1.54, 1.807) is 10.4 Å². The fraction of sp³-hybridized carbons (Fsp3) is 0.333. The number of rotatable bonds is 9. The minimum atomic E-state index is -0.151. The Morgan fingerprint density at radius 1 is 0.810 bits per heavy atom. The van der Waals surface area contributed by atoms with Crippen molar-refractivity contribution in [1.82, 2.24) is 0 Å². The molecular weight excluding hydrogens is 304 g/mol. The van der Waals surface area contributed by atoms with Gasteiger partial charge in [-0.1, -0.05) is 90.8 Å². The predicted octanol–water partition coefficient (Wildman–Crippen LogP) is 2.18. The minimum absolute atomic E-state index is 0.151. The van der Waals surface area contributed by atoms with E-state index in [2.05, 4.69) is 79.3 Å². The highest BCUT2D eigenvalue weighted by Gasteiger charge is 2.12. The molecule has 0 amide bonds. The number of hydrogen-bond donors (Lipinski definition) is 0. The molecule has 2 aromatic carbocycles. The normalized spacial score (nSPS) is 13.4. The third-order valence-electron chi connectivity index (χ3n) is 3.71. The van der Waals surface area contributed by atoms with Crippen molar-refractivity contribution in [3.8, 4) is 0 Å². The molecule has 0 aliphatic carbocycles. The van der Waals surface area contributed by atoms with E-state index in [1.807, 2.05) is 0 Å². The SMILES string of the molecule is CCCCCSC([SiH2]c1ccccc1)[SiH2]c1ccccc1. The molecule has 0 aliphatic heterocycles. The van der Waals surface area contributed by atoms with Crippen LogP contribution in [0.2, 0.25) is 0 Å². The Morgan fingerprint density at radius 3 is 1.81 bits per heavy atom. The van der Waals surface area contributed by atoms with E-state index in [9.17, 15) is 0 Å². The molecular formula is C18H26SSi2. The van der Waals surface area contributed by atoms with E-state index in [1.165, 1.54) is 25.0 Å². The van der Waals surface area contributed by atoms with Crippen LogP contribution in [0.5, 0.6) is 0 Å². The van der Waals surface area contributed by atoms with Crippen molar-refractivity contribution in [3.05, 3.63) is 60.7 Å². The molecule has 0 aromatic heterocycles. The number of unbranched alkanes of at least 4 members (excludes halogenated alkanes) is 2. The molecule has 0 atom stereocenters. The minimum Gasteiger partial charge on any atom is -0.165 e. The molecule has 0 saturated carbocycles. The summed E-state index contributed by atoms with van der Waals surface area (Å²) in [6.07, 6.45) is 4.11. The van der Waals surface area contributed by atoms with E-state index in [0.29, 0.717) is 0 Å². The molecule has 0 unspecified atom stereocenters. The molecule has 112 valence electrons. The maximum atomic E-state index is 2.34. The van der Waals surface area contributed by atoms with Gasteiger partial charge in [-0.05, 0) is 16.7 Å². The van der Waals surface area contributed by atoms with Gasteiger partial charge in [0.15, 0.2) is 0 Å². The van der Waals surface area contributed by atoms with Gasteiger partial charge >= 0.3 is 0 Å². The smallest absolute Gasteiger partial charge is 0.0656 e. The summed E-state index contributed by atoms with van der Waals surface area (Å²) in [7, 11) is -0.302. The Hall–Kier alpha value is -0.776. The van der Waals surface area contributed by atoms with Crippen molar-refractivity contribution in [2.24, 2.45) is 0 Å². The molecule has 0 aliphatic rings. The molecule has 0 nitrogen and oxygen atoms in total. The highest BCUT2D eigenvalue weighted by atomic mass is 32.2. The summed E-state index contributed by atoms with van der Waals surface area (Å²) in [4.78, 5) is 0. The number of hydrogen-bond acceptors (Lipinski definition) is 1. The van der Waals surface area contributed by atoms with Crippen LogP contribution in [0, 0.1) is 0 Å². The summed E-state index contributed by atoms with van der Waals surface area (Å²) < 4.78 is 0.964. The van der Waals surface area contributed by atoms with Crippen molar-refractivity contribution in [3.63, 3.8) is 0 Å². The summed E-state index contributed by atoms with van der Waals surface area (Å²) >= 11 is 2.27. The fourth-order valence-electron chi connectivity index (χ4n) is 2.55. The summed E-state index contributed by atoms with van der Waals surface area (Å²) in [5.41, 5.74) is 0. The van der Waals surface area contributed by atoms with E-state index in [4.69, 9.17) is 0 Å². The van der Waals surface area contributed by atoms with E-state index in [-0.39, 0.29) is 19.0 Å². The summed E-state index contributed by atoms with van der Waals surface area (Å²) in [6.45, 7) is 2.29. The zero-order chi connectivity index (χ0) is 14.8. The Labute approximate surface area is 138 Å². The first-order chi connectivity index (χ1) is 10.4. The molecule has 0 radical (unpaired) electrons. The first-order valence-electron chi connectivity index (χ1n) is 8.08. The van der Waals surface area contributed by atoms with Crippen LogP contribution in [0.3, 0.4) is 0 Å². The Kier molecular flexibility index (Phi) is 7.93. The molecule has 2 aromatic rings. The third-order valence-corrected chi connectivity index (χ3v) is 11.7. The molecule has 0 fully saturated rings.